The number of amidine groups is 1. The molecule has 82 valence electrons. The third-order valence-corrected chi connectivity index (χ3v) is 3.48. The summed E-state index contributed by atoms with van der Waals surface area (Å²) in [7, 11) is 0. The summed E-state index contributed by atoms with van der Waals surface area (Å²) in [6.45, 7) is 2.94. The van der Waals surface area contributed by atoms with E-state index in [1.807, 2.05) is 0 Å². The molecule has 1 aliphatic heterocycles. The standard InChI is InChI=1S/C11H10ClN3S/c1-7-6-14-11(16-7)15-10-4-8(5-13)2-3-9(10)12/h2-4,7H,6H2,1H3,(H,14,15). The van der Waals surface area contributed by atoms with Gasteiger partial charge in [-0.3, -0.25) is 4.99 Å². The number of rotatable bonds is 1. The SMILES string of the molecule is CC1CN=C(Nc2cc(C#N)ccc2Cl)S1. The van der Waals surface area contributed by atoms with E-state index in [9.17, 15) is 0 Å². The zero-order valence-electron chi connectivity index (χ0n) is 8.70. The predicted molar refractivity (Wildman–Crippen MR) is 69.1 cm³/mol. The lowest BCUT2D eigenvalue weighted by Crippen LogP contribution is -2.06. The second kappa shape index (κ2) is 4.77. The van der Waals surface area contributed by atoms with Crippen LogP contribution in [0.3, 0.4) is 0 Å². The number of thioether (sulfide) groups is 1. The molecule has 0 radical (unpaired) electrons. The number of hydrogen-bond donors (Lipinski definition) is 1. The summed E-state index contributed by atoms with van der Waals surface area (Å²) in [6, 6.07) is 7.22. The molecule has 0 aliphatic carbocycles. The van der Waals surface area contributed by atoms with E-state index in [2.05, 4.69) is 23.3 Å². The van der Waals surface area contributed by atoms with Gasteiger partial charge in [-0.1, -0.05) is 30.3 Å². The van der Waals surface area contributed by atoms with Crippen molar-refractivity contribution >= 4 is 34.2 Å². The van der Waals surface area contributed by atoms with E-state index in [0.29, 0.717) is 15.8 Å². The predicted octanol–water partition coefficient (Wildman–Crippen LogP) is 3.11. The van der Waals surface area contributed by atoms with Gasteiger partial charge in [-0.25, -0.2) is 0 Å². The lowest BCUT2D eigenvalue weighted by atomic mass is 10.2. The molecular formula is C11H10ClN3S. The van der Waals surface area contributed by atoms with Gasteiger partial charge < -0.3 is 5.32 Å². The Hall–Kier alpha value is -1.18. The van der Waals surface area contributed by atoms with Crippen LogP contribution in [0.5, 0.6) is 0 Å². The molecular weight excluding hydrogens is 242 g/mol. The zero-order chi connectivity index (χ0) is 11.5. The third kappa shape index (κ3) is 2.49. The summed E-state index contributed by atoms with van der Waals surface area (Å²) in [5, 5.41) is 13.9. The summed E-state index contributed by atoms with van der Waals surface area (Å²) in [6.07, 6.45) is 0. The number of anilines is 1. The van der Waals surface area contributed by atoms with E-state index in [1.165, 1.54) is 0 Å². The van der Waals surface area contributed by atoms with Crippen LogP contribution >= 0.6 is 23.4 Å². The highest BCUT2D eigenvalue weighted by Gasteiger charge is 2.15. The van der Waals surface area contributed by atoms with Crippen molar-refractivity contribution in [3.05, 3.63) is 28.8 Å². The Morgan fingerprint density at radius 1 is 1.62 bits per heavy atom. The first-order valence-electron chi connectivity index (χ1n) is 4.87. The van der Waals surface area contributed by atoms with Gasteiger partial charge >= 0.3 is 0 Å². The highest BCUT2D eigenvalue weighted by molar-refractivity contribution is 8.15. The fourth-order valence-electron chi connectivity index (χ4n) is 1.35. The molecule has 1 aliphatic rings. The first kappa shape index (κ1) is 11.3. The minimum absolute atomic E-state index is 0.500. The maximum atomic E-state index is 8.80. The Morgan fingerprint density at radius 2 is 2.44 bits per heavy atom. The van der Waals surface area contributed by atoms with Crippen molar-refractivity contribution < 1.29 is 0 Å². The first-order valence-corrected chi connectivity index (χ1v) is 6.12. The van der Waals surface area contributed by atoms with Gasteiger partial charge in [0.25, 0.3) is 0 Å². The van der Waals surface area contributed by atoms with Gasteiger partial charge in [0.05, 0.1) is 28.9 Å². The lowest BCUT2D eigenvalue weighted by Gasteiger charge is -2.08. The van der Waals surface area contributed by atoms with Crippen LogP contribution in [0.1, 0.15) is 12.5 Å². The van der Waals surface area contributed by atoms with Gasteiger partial charge in [-0.15, -0.1) is 0 Å². The summed E-state index contributed by atoms with van der Waals surface area (Å²) in [5.41, 5.74) is 1.32. The Kier molecular flexibility index (Phi) is 3.37. The normalized spacial score (nSPS) is 19.1. The molecule has 0 fully saturated rings. The molecule has 2 rings (SSSR count). The zero-order valence-corrected chi connectivity index (χ0v) is 10.3. The first-order chi connectivity index (χ1) is 7.69. The van der Waals surface area contributed by atoms with E-state index in [-0.39, 0.29) is 0 Å². The molecule has 5 heteroatoms. The average molecular weight is 252 g/mol. The van der Waals surface area contributed by atoms with Gasteiger partial charge in [-0.05, 0) is 18.2 Å². The largest absolute Gasteiger partial charge is 0.334 e. The number of nitriles is 1. The minimum Gasteiger partial charge on any atom is -0.334 e. The second-order valence-electron chi connectivity index (χ2n) is 3.51. The molecule has 0 aromatic heterocycles. The van der Waals surface area contributed by atoms with Crippen LogP contribution in [0.15, 0.2) is 23.2 Å². The van der Waals surface area contributed by atoms with Crippen LogP contribution in [0.25, 0.3) is 0 Å². The van der Waals surface area contributed by atoms with Crippen LogP contribution in [0, 0.1) is 11.3 Å². The molecule has 1 aromatic rings. The van der Waals surface area contributed by atoms with E-state index in [4.69, 9.17) is 16.9 Å². The molecule has 1 heterocycles. The van der Waals surface area contributed by atoms with E-state index in [1.54, 1.807) is 30.0 Å². The monoisotopic (exact) mass is 251 g/mol. The highest BCUT2D eigenvalue weighted by atomic mass is 35.5. The lowest BCUT2D eigenvalue weighted by molar-refractivity contribution is 0.976. The quantitative estimate of drug-likeness (QED) is 0.834. The van der Waals surface area contributed by atoms with Crippen molar-refractivity contribution in [2.24, 2.45) is 4.99 Å². The molecule has 0 bridgehead atoms. The van der Waals surface area contributed by atoms with Crippen LogP contribution in [0.2, 0.25) is 5.02 Å². The van der Waals surface area contributed by atoms with Gasteiger partial charge in [0.2, 0.25) is 0 Å². The Balaban J connectivity index is 2.18. The molecule has 1 unspecified atom stereocenters. The van der Waals surface area contributed by atoms with E-state index >= 15 is 0 Å². The number of aliphatic imine (C=N–C) groups is 1. The van der Waals surface area contributed by atoms with Crippen molar-refractivity contribution in [1.29, 1.82) is 5.26 Å². The van der Waals surface area contributed by atoms with Crippen molar-refractivity contribution in [2.75, 3.05) is 11.9 Å². The Bertz CT molecular complexity index is 479. The third-order valence-electron chi connectivity index (χ3n) is 2.14. The molecule has 16 heavy (non-hydrogen) atoms. The van der Waals surface area contributed by atoms with Crippen molar-refractivity contribution in [3.8, 4) is 6.07 Å². The van der Waals surface area contributed by atoms with Gasteiger partial charge in [0.1, 0.15) is 0 Å². The second-order valence-corrected chi connectivity index (χ2v) is 5.34. The van der Waals surface area contributed by atoms with Crippen LogP contribution in [-0.2, 0) is 0 Å². The van der Waals surface area contributed by atoms with Crippen molar-refractivity contribution in [2.45, 2.75) is 12.2 Å². The summed E-state index contributed by atoms with van der Waals surface area (Å²) < 4.78 is 0. The number of hydrogen-bond acceptors (Lipinski definition) is 4. The minimum atomic E-state index is 0.500. The molecule has 0 amide bonds. The summed E-state index contributed by atoms with van der Waals surface area (Å²) in [4.78, 5) is 4.34. The maximum absolute atomic E-state index is 8.80. The van der Waals surface area contributed by atoms with Crippen LogP contribution in [-0.4, -0.2) is 17.0 Å². The van der Waals surface area contributed by atoms with Gasteiger partial charge in [0, 0.05) is 5.25 Å². The fourth-order valence-corrected chi connectivity index (χ4v) is 2.36. The molecule has 1 atom stereocenters. The highest BCUT2D eigenvalue weighted by Crippen LogP contribution is 2.27. The molecule has 3 nitrogen and oxygen atoms in total. The molecule has 0 spiro atoms. The number of benzene rings is 1. The Labute approximate surface area is 104 Å². The molecule has 0 saturated carbocycles. The average Bonchev–Trinajstić information content (AvgIpc) is 2.67. The van der Waals surface area contributed by atoms with E-state index < -0.39 is 0 Å². The molecule has 1 N–H and O–H groups in total. The van der Waals surface area contributed by atoms with Crippen molar-refractivity contribution in [1.82, 2.24) is 0 Å². The number of nitrogens with one attached hydrogen (secondary N) is 1. The van der Waals surface area contributed by atoms with Gasteiger partial charge in [0.15, 0.2) is 5.17 Å². The topological polar surface area (TPSA) is 48.2 Å². The van der Waals surface area contributed by atoms with E-state index in [0.717, 1.165) is 17.4 Å². The van der Waals surface area contributed by atoms with Crippen LogP contribution in [0.4, 0.5) is 5.69 Å². The summed E-state index contributed by atoms with van der Waals surface area (Å²) in [5.74, 6) is 0. The number of nitrogens with zero attached hydrogens (tertiary/aromatic N) is 2. The van der Waals surface area contributed by atoms with Crippen LogP contribution < -0.4 is 5.32 Å². The Morgan fingerprint density at radius 3 is 3.06 bits per heavy atom. The fraction of sp³-hybridized carbons (Fsp3) is 0.273. The summed E-state index contributed by atoms with van der Waals surface area (Å²) >= 11 is 7.71. The van der Waals surface area contributed by atoms with Gasteiger partial charge in [-0.2, -0.15) is 5.26 Å². The molecule has 0 saturated heterocycles. The maximum Gasteiger partial charge on any atom is 0.161 e. The smallest absolute Gasteiger partial charge is 0.161 e. The molecule has 1 aromatic carbocycles. The number of halogens is 1. The van der Waals surface area contributed by atoms with Crippen molar-refractivity contribution in [3.63, 3.8) is 0 Å².